The fourth-order valence-corrected chi connectivity index (χ4v) is 8.00. The van der Waals surface area contributed by atoms with E-state index < -0.39 is 0 Å². The van der Waals surface area contributed by atoms with Crippen LogP contribution < -0.4 is 9.64 Å². The van der Waals surface area contributed by atoms with E-state index in [1.54, 1.807) is 7.11 Å². The number of fused-ring (bicyclic) bond motifs is 3. The lowest BCUT2D eigenvalue weighted by molar-refractivity contribution is -0.124. The van der Waals surface area contributed by atoms with Gasteiger partial charge in [-0.1, -0.05) is 19.1 Å². The summed E-state index contributed by atoms with van der Waals surface area (Å²) in [5.74, 6) is 1.80. The van der Waals surface area contributed by atoms with Crippen LogP contribution >= 0.6 is 0 Å². The van der Waals surface area contributed by atoms with E-state index in [4.69, 9.17) is 9.72 Å². The highest BCUT2D eigenvalue weighted by atomic mass is 16.5. The first kappa shape index (κ1) is 30.8. The predicted molar refractivity (Wildman–Crippen MR) is 175 cm³/mol. The molecule has 4 fully saturated rings. The Balaban J connectivity index is 1.27. The molecule has 3 aromatic rings. The molecule has 0 unspecified atom stereocenters. The average Bonchev–Trinajstić information content (AvgIpc) is 3.56. The zero-order chi connectivity index (χ0) is 31.1. The van der Waals surface area contributed by atoms with Gasteiger partial charge in [-0.25, -0.2) is 4.98 Å². The highest BCUT2D eigenvalue weighted by molar-refractivity contribution is 5.95. The minimum absolute atomic E-state index is 0.0669. The number of aliphatic hydroxyl groups excluding tert-OH is 1. The molecule has 2 bridgehead atoms. The predicted octanol–water partition coefficient (Wildman–Crippen LogP) is 7.58. The van der Waals surface area contributed by atoms with E-state index in [9.17, 15) is 9.90 Å². The van der Waals surface area contributed by atoms with Crippen molar-refractivity contribution in [1.29, 1.82) is 0 Å². The second kappa shape index (κ2) is 12.0. The van der Waals surface area contributed by atoms with Gasteiger partial charge in [-0.3, -0.25) is 14.4 Å². The van der Waals surface area contributed by atoms with Crippen molar-refractivity contribution in [1.82, 2.24) is 14.8 Å². The zero-order valence-electron chi connectivity index (χ0n) is 27.3. The number of amides is 1. The number of anilines is 1. The standard InChI is InChI=1S/C37H50N4O3/c1-6-35(3,4)41-24-29(23-39-41)28-13-20-38-33(22-28)40(34(43)27-7-10-31(42)11-8-27)25-36-14-17-37(18-15-36,19-16-36)30-9-12-32(44-5)26(2)21-30/h9,12-13,20-24,27,31,42H,6-8,10-11,14-19,25H2,1-5H3. The molecule has 44 heavy (non-hydrogen) atoms. The molecule has 236 valence electrons. The number of carbonyl (C=O) groups excluding carboxylic acids is 1. The quantitative estimate of drug-likeness (QED) is 0.275. The highest BCUT2D eigenvalue weighted by Crippen LogP contribution is 2.58. The van der Waals surface area contributed by atoms with Crippen molar-refractivity contribution >= 4 is 11.7 Å². The first-order valence-corrected chi connectivity index (χ1v) is 16.7. The molecule has 0 atom stereocenters. The van der Waals surface area contributed by atoms with Crippen LogP contribution in [-0.4, -0.2) is 45.5 Å². The molecule has 4 saturated carbocycles. The molecule has 0 saturated heterocycles. The van der Waals surface area contributed by atoms with Gasteiger partial charge in [-0.05, 0) is 137 Å². The number of rotatable bonds is 9. The van der Waals surface area contributed by atoms with Crippen molar-refractivity contribution in [2.75, 3.05) is 18.6 Å². The average molecular weight is 599 g/mol. The van der Waals surface area contributed by atoms with Crippen molar-refractivity contribution in [2.45, 2.75) is 115 Å². The number of aryl methyl sites for hydroxylation is 1. The number of ether oxygens (including phenoxy) is 1. The summed E-state index contributed by atoms with van der Waals surface area (Å²) < 4.78 is 7.58. The molecular weight excluding hydrogens is 548 g/mol. The van der Waals surface area contributed by atoms with E-state index in [2.05, 4.69) is 63.3 Å². The molecule has 0 spiro atoms. The van der Waals surface area contributed by atoms with Crippen LogP contribution in [0.2, 0.25) is 0 Å². The number of aliphatic hydroxyl groups is 1. The van der Waals surface area contributed by atoms with Gasteiger partial charge in [0.15, 0.2) is 0 Å². The van der Waals surface area contributed by atoms with E-state index in [1.807, 2.05) is 28.0 Å². The van der Waals surface area contributed by atoms with E-state index in [-0.39, 0.29) is 34.3 Å². The minimum atomic E-state index is -0.289. The maximum Gasteiger partial charge on any atom is 0.231 e. The Labute approximate surface area is 263 Å². The molecule has 7 rings (SSSR count). The summed E-state index contributed by atoms with van der Waals surface area (Å²) in [4.78, 5) is 21.2. The molecule has 1 amide bonds. The molecule has 1 N–H and O–H groups in total. The second-order valence-electron chi connectivity index (χ2n) is 14.6. The first-order chi connectivity index (χ1) is 21.1. The van der Waals surface area contributed by atoms with Crippen LogP contribution in [0.25, 0.3) is 11.1 Å². The summed E-state index contributed by atoms with van der Waals surface area (Å²) in [6, 6.07) is 10.8. The van der Waals surface area contributed by atoms with Crippen LogP contribution in [0.3, 0.4) is 0 Å². The molecule has 0 aliphatic heterocycles. The summed E-state index contributed by atoms with van der Waals surface area (Å²) in [6.45, 7) is 9.42. The second-order valence-corrected chi connectivity index (χ2v) is 14.6. The summed E-state index contributed by atoms with van der Waals surface area (Å²) in [5.41, 5.74) is 4.96. The smallest absolute Gasteiger partial charge is 0.231 e. The van der Waals surface area contributed by atoms with Crippen molar-refractivity contribution in [3.8, 4) is 16.9 Å². The van der Waals surface area contributed by atoms with Gasteiger partial charge < -0.3 is 9.84 Å². The van der Waals surface area contributed by atoms with Crippen LogP contribution in [0.5, 0.6) is 5.75 Å². The van der Waals surface area contributed by atoms with Gasteiger partial charge in [-0.2, -0.15) is 5.10 Å². The molecule has 4 aliphatic carbocycles. The van der Waals surface area contributed by atoms with Crippen molar-refractivity contribution in [3.05, 3.63) is 60.0 Å². The topological polar surface area (TPSA) is 80.5 Å². The number of pyridine rings is 1. The maximum absolute atomic E-state index is 14.3. The van der Waals surface area contributed by atoms with E-state index in [0.29, 0.717) is 19.4 Å². The van der Waals surface area contributed by atoms with Gasteiger partial charge in [0.1, 0.15) is 11.6 Å². The van der Waals surface area contributed by atoms with Gasteiger partial charge in [0.05, 0.1) is 24.9 Å². The lowest BCUT2D eigenvalue weighted by Crippen LogP contribution is -2.52. The Morgan fingerprint density at radius 2 is 1.75 bits per heavy atom. The maximum atomic E-state index is 14.3. The fraction of sp³-hybridized carbons (Fsp3) is 0.595. The zero-order valence-corrected chi connectivity index (χ0v) is 27.3. The molecular formula is C37H50N4O3. The van der Waals surface area contributed by atoms with Gasteiger partial charge in [0, 0.05) is 30.4 Å². The van der Waals surface area contributed by atoms with E-state index in [1.165, 1.54) is 11.1 Å². The fourth-order valence-electron chi connectivity index (χ4n) is 8.00. The number of methoxy groups -OCH3 is 1. The van der Waals surface area contributed by atoms with Crippen molar-refractivity contribution in [2.24, 2.45) is 11.3 Å². The molecule has 4 aliphatic rings. The summed E-state index contributed by atoms with van der Waals surface area (Å²) in [6.07, 6.45) is 16.2. The lowest BCUT2D eigenvalue weighted by atomic mass is 9.51. The Morgan fingerprint density at radius 3 is 2.39 bits per heavy atom. The number of aromatic nitrogens is 3. The lowest BCUT2D eigenvalue weighted by Gasteiger charge is -2.55. The first-order valence-electron chi connectivity index (χ1n) is 16.7. The van der Waals surface area contributed by atoms with Gasteiger partial charge >= 0.3 is 0 Å². The van der Waals surface area contributed by atoms with Crippen LogP contribution in [0.15, 0.2) is 48.9 Å². The SMILES string of the molecule is CCC(C)(C)n1cc(-c2ccnc(N(CC34CCC(c5ccc(OC)c(C)c5)(CC3)CC4)C(=O)C3CCC(O)CC3)c2)cn1. The van der Waals surface area contributed by atoms with Crippen molar-refractivity contribution in [3.63, 3.8) is 0 Å². The molecule has 7 nitrogen and oxygen atoms in total. The van der Waals surface area contributed by atoms with Crippen LogP contribution in [0.1, 0.15) is 103 Å². The van der Waals surface area contributed by atoms with E-state index >= 15 is 0 Å². The normalized spacial score (nSPS) is 26.9. The monoisotopic (exact) mass is 598 g/mol. The van der Waals surface area contributed by atoms with Gasteiger partial charge in [0.2, 0.25) is 5.91 Å². The third kappa shape index (κ3) is 5.80. The number of nitrogens with zero attached hydrogens (tertiary/aromatic N) is 4. The van der Waals surface area contributed by atoms with Crippen molar-refractivity contribution < 1.29 is 14.6 Å². The summed E-state index contributed by atoms with van der Waals surface area (Å²) >= 11 is 0. The Morgan fingerprint density at radius 1 is 1.05 bits per heavy atom. The highest BCUT2D eigenvalue weighted by Gasteiger charge is 2.50. The minimum Gasteiger partial charge on any atom is -0.496 e. The molecule has 7 heteroatoms. The molecule has 1 aromatic carbocycles. The number of benzene rings is 1. The molecule has 2 heterocycles. The molecule has 2 aromatic heterocycles. The van der Waals surface area contributed by atoms with E-state index in [0.717, 1.165) is 80.5 Å². The number of hydrogen-bond donors (Lipinski definition) is 1. The summed E-state index contributed by atoms with van der Waals surface area (Å²) in [7, 11) is 1.74. The Hall–Kier alpha value is -3.19. The number of carbonyl (C=O) groups is 1. The third-order valence-corrected chi connectivity index (χ3v) is 11.6. The van der Waals surface area contributed by atoms with Gasteiger partial charge in [0.25, 0.3) is 0 Å². The number of hydrogen-bond acceptors (Lipinski definition) is 5. The van der Waals surface area contributed by atoms with Gasteiger partial charge in [-0.15, -0.1) is 0 Å². The Kier molecular flexibility index (Phi) is 8.38. The third-order valence-electron chi connectivity index (χ3n) is 11.6. The van der Waals surface area contributed by atoms with Crippen LogP contribution in [-0.2, 0) is 15.7 Å². The summed E-state index contributed by atoms with van der Waals surface area (Å²) in [5, 5.41) is 14.8. The Bertz CT molecular complexity index is 1460. The largest absolute Gasteiger partial charge is 0.496 e. The van der Waals surface area contributed by atoms with Crippen LogP contribution in [0.4, 0.5) is 5.82 Å². The molecule has 0 radical (unpaired) electrons. The van der Waals surface area contributed by atoms with Crippen LogP contribution in [0, 0.1) is 18.3 Å².